The average molecular weight is 246 g/mol. The van der Waals surface area contributed by atoms with Gasteiger partial charge in [0.15, 0.2) is 11.6 Å². The van der Waals surface area contributed by atoms with Crippen LogP contribution in [0.2, 0.25) is 0 Å². The van der Waals surface area contributed by atoms with Crippen LogP contribution in [0.1, 0.15) is 25.0 Å². The highest BCUT2D eigenvalue weighted by molar-refractivity contribution is 5.65. The van der Waals surface area contributed by atoms with Crippen LogP contribution in [-0.4, -0.2) is 0 Å². The molecule has 18 heavy (non-hydrogen) atoms. The van der Waals surface area contributed by atoms with Crippen LogP contribution in [0.4, 0.5) is 8.78 Å². The SMILES string of the molecule is CCc1ccc(-c2cccc(F)c2F)cc1CC. The molecule has 0 aliphatic carbocycles. The Bertz CT molecular complexity index is 559. The second kappa shape index (κ2) is 5.30. The van der Waals surface area contributed by atoms with Crippen molar-refractivity contribution in [1.29, 1.82) is 0 Å². The van der Waals surface area contributed by atoms with Crippen molar-refractivity contribution in [2.75, 3.05) is 0 Å². The topological polar surface area (TPSA) is 0 Å². The Hall–Kier alpha value is -1.70. The zero-order chi connectivity index (χ0) is 13.1. The molecule has 0 heterocycles. The lowest BCUT2D eigenvalue weighted by atomic mass is 9.96. The molecule has 94 valence electrons. The summed E-state index contributed by atoms with van der Waals surface area (Å²) in [4.78, 5) is 0. The van der Waals surface area contributed by atoms with E-state index >= 15 is 0 Å². The van der Waals surface area contributed by atoms with E-state index in [0.29, 0.717) is 5.56 Å². The molecule has 0 saturated carbocycles. The monoisotopic (exact) mass is 246 g/mol. The maximum atomic E-state index is 13.7. The van der Waals surface area contributed by atoms with Crippen molar-refractivity contribution in [2.24, 2.45) is 0 Å². The van der Waals surface area contributed by atoms with Crippen molar-refractivity contribution in [1.82, 2.24) is 0 Å². The van der Waals surface area contributed by atoms with Gasteiger partial charge >= 0.3 is 0 Å². The van der Waals surface area contributed by atoms with E-state index < -0.39 is 11.6 Å². The van der Waals surface area contributed by atoms with Crippen molar-refractivity contribution < 1.29 is 8.78 Å². The van der Waals surface area contributed by atoms with Gasteiger partial charge in [-0.25, -0.2) is 8.78 Å². The predicted octanol–water partition coefficient (Wildman–Crippen LogP) is 4.76. The molecule has 0 saturated heterocycles. The third-order valence-corrected chi connectivity index (χ3v) is 3.23. The largest absolute Gasteiger partial charge is 0.204 e. The van der Waals surface area contributed by atoms with Crippen LogP contribution in [0.3, 0.4) is 0 Å². The van der Waals surface area contributed by atoms with E-state index in [1.165, 1.54) is 17.2 Å². The van der Waals surface area contributed by atoms with Gasteiger partial charge in [-0.3, -0.25) is 0 Å². The standard InChI is InChI=1S/C16H16F2/c1-3-11-8-9-13(10-12(11)4-2)14-6-5-7-15(17)16(14)18/h5-10H,3-4H2,1-2H3. The fraction of sp³-hybridized carbons (Fsp3) is 0.250. The van der Waals surface area contributed by atoms with Gasteiger partial charge in [-0.1, -0.05) is 44.2 Å². The Balaban J connectivity index is 2.54. The zero-order valence-electron chi connectivity index (χ0n) is 10.6. The Morgan fingerprint density at radius 3 is 2.28 bits per heavy atom. The van der Waals surface area contributed by atoms with E-state index in [1.54, 1.807) is 6.07 Å². The summed E-state index contributed by atoms with van der Waals surface area (Å²) in [6.45, 7) is 4.16. The quantitative estimate of drug-likeness (QED) is 0.732. The van der Waals surface area contributed by atoms with Crippen LogP contribution in [0, 0.1) is 11.6 Å². The van der Waals surface area contributed by atoms with E-state index in [9.17, 15) is 8.78 Å². The van der Waals surface area contributed by atoms with Crippen molar-refractivity contribution in [2.45, 2.75) is 26.7 Å². The fourth-order valence-corrected chi connectivity index (χ4v) is 2.19. The van der Waals surface area contributed by atoms with Crippen LogP contribution in [0.15, 0.2) is 36.4 Å². The lowest BCUT2D eigenvalue weighted by Crippen LogP contribution is -1.94. The summed E-state index contributed by atoms with van der Waals surface area (Å²) < 4.78 is 26.9. The van der Waals surface area contributed by atoms with Crippen LogP contribution >= 0.6 is 0 Å². The van der Waals surface area contributed by atoms with Crippen LogP contribution in [0.5, 0.6) is 0 Å². The Kier molecular flexibility index (Phi) is 3.75. The molecule has 0 amide bonds. The maximum Gasteiger partial charge on any atom is 0.166 e. The molecular weight excluding hydrogens is 230 g/mol. The van der Waals surface area contributed by atoms with E-state index in [2.05, 4.69) is 13.8 Å². The molecule has 0 N–H and O–H groups in total. The molecule has 0 aliphatic rings. The molecule has 0 nitrogen and oxygen atoms in total. The van der Waals surface area contributed by atoms with Crippen molar-refractivity contribution in [3.8, 4) is 11.1 Å². The zero-order valence-corrected chi connectivity index (χ0v) is 10.6. The lowest BCUT2D eigenvalue weighted by Gasteiger charge is -2.10. The molecule has 0 aromatic heterocycles. The minimum Gasteiger partial charge on any atom is -0.204 e. The highest BCUT2D eigenvalue weighted by atomic mass is 19.2. The molecule has 0 bridgehead atoms. The van der Waals surface area contributed by atoms with Gasteiger partial charge in [0.2, 0.25) is 0 Å². The van der Waals surface area contributed by atoms with Crippen LogP contribution < -0.4 is 0 Å². The lowest BCUT2D eigenvalue weighted by molar-refractivity contribution is 0.511. The van der Waals surface area contributed by atoms with Crippen molar-refractivity contribution >= 4 is 0 Å². The van der Waals surface area contributed by atoms with E-state index in [-0.39, 0.29) is 0 Å². The fourth-order valence-electron chi connectivity index (χ4n) is 2.19. The van der Waals surface area contributed by atoms with Gasteiger partial charge in [0.25, 0.3) is 0 Å². The minimum absolute atomic E-state index is 0.326. The van der Waals surface area contributed by atoms with Crippen molar-refractivity contribution in [3.63, 3.8) is 0 Å². The molecule has 0 atom stereocenters. The first-order valence-electron chi connectivity index (χ1n) is 6.23. The van der Waals surface area contributed by atoms with Gasteiger partial charge in [0, 0.05) is 5.56 Å². The van der Waals surface area contributed by atoms with Gasteiger partial charge in [0.05, 0.1) is 0 Å². The first-order chi connectivity index (χ1) is 8.67. The average Bonchev–Trinajstić information content (AvgIpc) is 2.41. The first-order valence-corrected chi connectivity index (χ1v) is 6.23. The third-order valence-electron chi connectivity index (χ3n) is 3.23. The summed E-state index contributed by atoms with van der Waals surface area (Å²) >= 11 is 0. The number of halogens is 2. The smallest absolute Gasteiger partial charge is 0.166 e. The highest BCUT2D eigenvalue weighted by Crippen LogP contribution is 2.27. The van der Waals surface area contributed by atoms with E-state index in [0.717, 1.165) is 24.5 Å². The molecule has 0 radical (unpaired) electrons. The summed E-state index contributed by atoms with van der Waals surface area (Å²) in [5.74, 6) is -1.58. The third kappa shape index (κ3) is 2.28. The maximum absolute atomic E-state index is 13.7. The molecule has 0 unspecified atom stereocenters. The Morgan fingerprint density at radius 1 is 0.889 bits per heavy atom. The molecule has 2 aromatic carbocycles. The minimum atomic E-state index is -0.801. The van der Waals surface area contributed by atoms with Crippen LogP contribution in [-0.2, 0) is 12.8 Å². The molecule has 0 fully saturated rings. The van der Waals surface area contributed by atoms with Gasteiger partial charge in [-0.15, -0.1) is 0 Å². The summed E-state index contributed by atoms with van der Waals surface area (Å²) in [6, 6.07) is 10.1. The van der Waals surface area contributed by atoms with Gasteiger partial charge in [-0.2, -0.15) is 0 Å². The molecule has 0 aliphatic heterocycles. The van der Waals surface area contributed by atoms with E-state index in [4.69, 9.17) is 0 Å². The molecule has 2 heteroatoms. The van der Waals surface area contributed by atoms with Gasteiger partial charge < -0.3 is 0 Å². The molecule has 0 spiro atoms. The predicted molar refractivity (Wildman–Crippen MR) is 70.6 cm³/mol. The summed E-state index contributed by atoms with van der Waals surface area (Å²) in [7, 11) is 0. The molecule has 2 aromatic rings. The summed E-state index contributed by atoms with van der Waals surface area (Å²) in [6.07, 6.45) is 1.85. The van der Waals surface area contributed by atoms with Crippen molar-refractivity contribution in [3.05, 3.63) is 59.2 Å². The first kappa shape index (κ1) is 12.7. The molecular formula is C16H16F2. The summed E-state index contributed by atoms with van der Waals surface area (Å²) in [5, 5.41) is 0. The number of hydrogen-bond acceptors (Lipinski definition) is 0. The Morgan fingerprint density at radius 2 is 1.61 bits per heavy atom. The summed E-state index contributed by atoms with van der Waals surface area (Å²) in [5.41, 5.74) is 3.52. The second-order valence-electron chi connectivity index (χ2n) is 4.29. The number of aryl methyl sites for hydroxylation is 2. The molecule has 2 rings (SSSR count). The number of rotatable bonds is 3. The Labute approximate surface area is 106 Å². The van der Waals surface area contributed by atoms with Gasteiger partial charge in [-0.05, 0) is 35.6 Å². The highest BCUT2D eigenvalue weighted by Gasteiger charge is 2.10. The number of benzene rings is 2. The van der Waals surface area contributed by atoms with E-state index in [1.807, 2.05) is 18.2 Å². The van der Waals surface area contributed by atoms with Crippen LogP contribution in [0.25, 0.3) is 11.1 Å². The van der Waals surface area contributed by atoms with Gasteiger partial charge in [0.1, 0.15) is 0 Å². The second-order valence-corrected chi connectivity index (χ2v) is 4.29. The number of hydrogen-bond donors (Lipinski definition) is 0. The normalized spacial score (nSPS) is 10.7.